The fraction of sp³-hybridized carbons (Fsp3) is 0.533. The summed E-state index contributed by atoms with van der Waals surface area (Å²) >= 11 is 0. The number of carbonyl (C=O) groups excluding carboxylic acids is 1. The van der Waals surface area contributed by atoms with Crippen LogP contribution in [0.4, 0.5) is 0 Å². The summed E-state index contributed by atoms with van der Waals surface area (Å²) in [5, 5.41) is 2.72. The van der Waals surface area contributed by atoms with Crippen LogP contribution in [0.15, 0.2) is 29.2 Å². The molecule has 0 saturated carbocycles. The van der Waals surface area contributed by atoms with Gasteiger partial charge in [-0.2, -0.15) is 0 Å². The van der Waals surface area contributed by atoms with E-state index in [9.17, 15) is 13.2 Å². The lowest BCUT2D eigenvalue weighted by Gasteiger charge is -2.19. The van der Waals surface area contributed by atoms with Gasteiger partial charge in [0.15, 0.2) is 0 Å². The number of benzene rings is 1. The number of amides is 1. The smallest absolute Gasteiger partial charge is 0.242 e. The maximum atomic E-state index is 12.3. The van der Waals surface area contributed by atoms with Crippen LogP contribution in [0, 0.1) is 5.92 Å². The minimum absolute atomic E-state index is 0.0701. The molecule has 2 unspecified atom stereocenters. The van der Waals surface area contributed by atoms with Crippen molar-refractivity contribution in [1.82, 2.24) is 9.62 Å². The van der Waals surface area contributed by atoms with Crippen LogP contribution in [0.3, 0.4) is 0 Å². The molecule has 1 rings (SSSR count). The van der Waals surface area contributed by atoms with Crippen molar-refractivity contribution in [3.63, 3.8) is 0 Å². The highest BCUT2D eigenvalue weighted by atomic mass is 32.2. The van der Waals surface area contributed by atoms with Crippen LogP contribution in [0.2, 0.25) is 0 Å². The van der Waals surface area contributed by atoms with E-state index >= 15 is 0 Å². The molecule has 6 nitrogen and oxygen atoms in total. The third-order valence-electron chi connectivity index (χ3n) is 3.74. The lowest BCUT2D eigenvalue weighted by Crippen LogP contribution is -2.44. The highest BCUT2D eigenvalue weighted by Gasteiger charge is 2.22. The molecule has 0 heterocycles. The van der Waals surface area contributed by atoms with Gasteiger partial charge >= 0.3 is 0 Å². The summed E-state index contributed by atoms with van der Waals surface area (Å²) < 4.78 is 25.7. The van der Waals surface area contributed by atoms with Crippen molar-refractivity contribution in [1.29, 1.82) is 0 Å². The zero-order valence-electron chi connectivity index (χ0n) is 13.5. The average Bonchev–Trinajstić information content (AvgIpc) is 2.50. The van der Waals surface area contributed by atoms with Crippen molar-refractivity contribution >= 4 is 15.9 Å². The van der Waals surface area contributed by atoms with Gasteiger partial charge in [0, 0.05) is 20.6 Å². The molecule has 0 radical (unpaired) electrons. The quantitative estimate of drug-likeness (QED) is 0.779. The van der Waals surface area contributed by atoms with Gasteiger partial charge in [-0.3, -0.25) is 4.79 Å². The lowest BCUT2D eigenvalue weighted by atomic mass is 9.99. The monoisotopic (exact) mass is 327 g/mol. The minimum Gasteiger partial charge on any atom is -0.351 e. The molecular weight excluding hydrogens is 302 g/mol. The molecule has 0 fully saturated rings. The van der Waals surface area contributed by atoms with Crippen molar-refractivity contribution in [3.05, 3.63) is 29.8 Å². The summed E-state index contributed by atoms with van der Waals surface area (Å²) in [6.45, 7) is 4.01. The zero-order valence-corrected chi connectivity index (χ0v) is 14.4. The molecule has 0 aliphatic heterocycles. The van der Waals surface area contributed by atoms with Crippen LogP contribution >= 0.6 is 0 Å². The van der Waals surface area contributed by atoms with Crippen molar-refractivity contribution in [2.75, 3.05) is 14.1 Å². The molecular formula is C15H25N3O3S. The predicted molar refractivity (Wildman–Crippen MR) is 86.6 cm³/mol. The van der Waals surface area contributed by atoms with E-state index in [-0.39, 0.29) is 23.3 Å². The third-order valence-corrected chi connectivity index (χ3v) is 5.66. The maximum absolute atomic E-state index is 12.3. The SMILES string of the molecule is CCC(C)C(N)C(=O)NCc1ccccc1S(=O)(=O)N(C)C. The summed E-state index contributed by atoms with van der Waals surface area (Å²) in [7, 11) is -0.594. The van der Waals surface area contributed by atoms with Crippen LogP contribution in [0.1, 0.15) is 25.8 Å². The Morgan fingerprint density at radius 2 is 1.91 bits per heavy atom. The molecule has 22 heavy (non-hydrogen) atoms. The van der Waals surface area contributed by atoms with Gasteiger partial charge < -0.3 is 11.1 Å². The summed E-state index contributed by atoms with van der Waals surface area (Å²) in [6.07, 6.45) is 0.806. The van der Waals surface area contributed by atoms with Crippen molar-refractivity contribution < 1.29 is 13.2 Å². The molecule has 1 aromatic carbocycles. The fourth-order valence-electron chi connectivity index (χ4n) is 1.91. The Bertz CT molecular complexity index is 614. The number of carbonyl (C=O) groups is 1. The van der Waals surface area contributed by atoms with Gasteiger partial charge in [-0.1, -0.05) is 38.5 Å². The molecule has 1 aromatic rings. The molecule has 1 amide bonds. The molecule has 124 valence electrons. The van der Waals surface area contributed by atoms with E-state index in [0.29, 0.717) is 5.56 Å². The van der Waals surface area contributed by atoms with Gasteiger partial charge in [0.1, 0.15) is 0 Å². The fourth-order valence-corrected chi connectivity index (χ4v) is 3.03. The Kier molecular flexibility index (Phi) is 6.52. The topological polar surface area (TPSA) is 92.5 Å². The first-order valence-electron chi connectivity index (χ1n) is 7.25. The highest BCUT2D eigenvalue weighted by molar-refractivity contribution is 7.89. The van der Waals surface area contributed by atoms with Crippen LogP contribution < -0.4 is 11.1 Å². The molecule has 0 aliphatic rings. The summed E-state index contributed by atoms with van der Waals surface area (Å²) in [5.74, 6) is -0.202. The standard InChI is InChI=1S/C15H25N3O3S/c1-5-11(2)14(16)15(19)17-10-12-8-6-7-9-13(12)22(20,21)18(3)4/h6-9,11,14H,5,10,16H2,1-4H3,(H,17,19). The van der Waals surface area contributed by atoms with Gasteiger partial charge in [0.05, 0.1) is 10.9 Å². The number of rotatable bonds is 7. The number of hydrogen-bond acceptors (Lipinski definition) is 4. The van der Waals surface area contributed by atoms with E-state index in [4.69, 9.17) is 5.73 Å². The van der Waals surface area contributed by atoms with Crippen LogP contribution in [-0.4, -0.2) is 38.8 Å². The number of nitrogens with two attached hydrogens (primary N) is 1. The highest BCUT2D eigenvalue weighted by Crippen LogP contribution is 2.18. The Balaban J connectivity index is 2.91. The van der Waals surface area contributed by atoms with Crippen LogP contribution in [0.5, 0.6) is 0 Å². The number of sulfonamides is 1. The second kappa shape index (κ2) is 7.71. The van der Waals surface area contributed by atoms with E-state index < -0.39 is 16.1 Å². The Morgan fingerprint density at radius 1 is 1.32 bits per heavy atom. The number of nitrogens with zero attached hydrogens (tertiary/aromatic N) is 1. The van der Waals surface area contributed by atoms with Crippen molar-refractivity contribution in [3.8, 4) is 0 Å². The first-order valence-corrected chi connectivity index (χ1v) is 8.69. The van der Waals surface area contributed by atoms with Crippen LogP contribution in [-0.2, 0) is 21.4 Å². The second-order valence-corrected chi connectivity index (χ2v) is 7.64. The third kappa shape index (κ3) is 4.28. The molecule has 2 atom stereocenters. The van der Waals surface area contributed by atoms with Crippen molar-refractivity contribution in [2.24, 2.45) is 11.7 Å². The molecule has 0 saturated heterocycles. The summed E-state index contributed by atoms with van der Waals surface area (Å²) in [5.41, 5.74) is 6.41. The average molecular weight is 327 g/mol. The van der Waals surface area contributed by atoms with Gasteiger partial charge in [-0.25, -0.2) is 12.7 Å². The molecule has 0 spiro atoms. The van der Waals surface area contributed by atoms with E-state index in [1.165, 1.54) is 20.2 Å². The largest absolute Gasteiger partial charge is 0.351 e. The Hall–Kier alpha value is -1.44. The summed E-state index contributed by atoms with van der Waals surface area (Å²) in [4.78, 5) is 12.2. The van der Waals surface area contributed by atoms with Crippen LogP contribution in [0.25, 0.3) is 0 Å². The molecule has 0 aromatic heterocycles. The van der Waals surface area contributed by atoms with Gasteiger partial charge in [-0.05, 0) is 17.5 Å². The van der Waals surface area contributed by atoms with Gasteiger partial charge in [0.2, 0.25) is 15.9 Å². The predicted octanol–water partition coefficient (Wildman–Crippen LogP) is 0.927. The molecule has 7 heteroatoms. The van der Waals surface area contributed by atoms with E-state index in [2.05, 4.69) is 5.32 Å². The molecule has 3 N–H and O–H groups in total. The van der Waals surface area contributed by atoms with E-state index in [1.807, 2.05) is 13.8 Å². The zero-order chi connectivity index (χ0) is 16.9. The van der Waals surface area contributed by atoms with Crippen molar-refractivity contribution in [2.45, 2.75) is 37.8 Å². The molecule has 0 aliphatic carbocycles. The Labute approximate surface area is 132 Å². The minimum atomic E-state index is -3.55. The maximum Gasteiger partial charge on any atom is 0.242 e. The van der Waals surface area contributed by atoms with Gasteiger partial charge in [0.25, 0.3) is 0 Å². The number of nitrogens with one attached hydrogen (secondary N) is 1. The first-order chi connectivity index (χ1) is 10.2. The second-order valence-electron chi connectivity index (χ2n) is 5.52. The first kappa shape index (κ1) is 18.6. The normalized spacial score (nSPS) is 14.6. The number of hydrogen-bond donors (Lipinski definition) is 2. The molecule has 0 bridgehead atoms. The van der Waals surface area contributed by atoms with E-state index in [1.54, 1.807) is 18.2 Å². The lowest BCUT2D eigenvalue weighted by molar-refractivity contribution is -0.123. The Morgan fingerprint density at radius 3 is 2.45 bits per heavy atom. The summed E-state index contributed by atoms with van der Waals surface area (Å²) in [6, 6.07) is 6.02. The van der Waals surface area contributed by atoms with Gasteiger partial charge in [-0.15, -0.1) is 0 Å². The van der Waals surface area contributed by atoms with E-state index in [0.717, 1.165) is 10.7 Å².